The van der Waals surface area contributed by atoms with E-state index in [0.717, 1.165) is 45.8 Å². The van der Waals surface area contributed by atoms with E-state index in [-0.39, 0.29) is 35.6 Å². The van der Waals surface area contributed by atoms with Crippen molar-refractivity contribution in [3.8, 4) is 22.6 Å². The Kier molecular flexibility index (Phi) is 16.5. The molecule has 1 amide bonds. The first-order valence-corrected chi connectivity index (χ1v) is 18.6. The number of aliphatic hydroxyl groups is 1. The lowest BCUT2D eigenvalue weighted by Gasteiger charge is -2.33. The van der Waals surface area contributed by atoms with Crippen LogP contribution in [-0.2, 0) is 18.3 Å². The Morgan fingerprint density at radius 3 is 2.34 bits per heavy atom. The number of carbonyl (C=O) groups is 1. The number of nitrogens with zero attached hydrogens (tertiary/aromatic N) is 6. The lowest BCUT2D eigenvalue weighted by atomic mass is 10.0. The maximum Gasteiger partial charge on any atom is 0.410 e. The maximum atomic E-state index is 15.6. The van der Waals surface area contributed by atoms with Gasteiger partial charge in [-0.25, -0.2) is 22.9 Å². The van der Waals surface area contributed by atoms with Crippen LogP contribution in [-0.4, -0.2) is 52.8 Å². The van der Waals surface area contributed by atoms with E-state index < -0.39 is 23.3 Å². The number of carbonyl (C=O) groups excluding carboxylic acids is 1. The Labute approximate surface area is 315 Å². The molecule has 1 unspecified atom stereocenters. The van der Waals surface area contributed by atoms with Gasteiger partial charge in [-0.3, -0.25) is 9.36 Å². The van der Waals surface area contributed by atoms with Gasteiger partial charge in [0.1, 0.15) is 22.9 Å². The average molecular weight is 755 g/mol. The zero-order valence-corrected chi connectivity index (χ0v) is 33.7. The highest BCUT2D eigenvalue weighted by Gasteiger charge is 2.31. The molecule has 0 bridgehead atoms. The minimum absolute atomic E-state index is 0.0852. The summed E-state index contributed by atoms with van der Waals surface area (Å²) in [5.41, 5.74) is 3.78. The molecule has 9 nitrogen and oxygen atoms in total. The van der Waals surface area contributed by atoms with E-state index in [9.17, 15) is 13.6 Å². The van der Waals surface area contributed by atoms with Crippen LogP contribution in [0.2, 0.25) is 0 Å². The quantitative estimate of drug-likeness (QED) is 0.145. The Bertz CT molecular complexity index is 2060. The molecule has 6 rings (SSSR count). The van der Waals surface area contributed by atoms with Gasteiger partial charge in [0.2, 0.25) is 0 Å². The summed E-state index contributed by atoms with van der Waals surface area (Å²) in [6.07, 6.45) is 2.13. The number of benzene rings is 1. The van der Waals surface area contributed by atoms with Crippen LogP contribution < -0.4 is 0 Å². The Morgan fingerprint density at radius 2 is 1.74 bits per heavy atom. The van der Waals surface area contributed by atoms with E-state index in [0.29, 0.717) is 34.4 Å². The molecule has 13 heteroatoms. The van der Waals surface area contributed by atoms with Crippen molar-refractivity contribution in [1.82, 2.24) is 29.4 Å². The fourth-order valence-corrected chi connectivity index (χ4v) is 6.58. The van der Waals surface area contributed by atoms with Crippen molar-refractivity contribution in [3.63, 3.8) is 0 Å². The van der Waals surface area contributed by atoms with Gasteiger partial charge in [0.15, 0.2) is 0 Å². The summed E-state index contributed by atoms with van der Waals surface area (Å²) in [5, 5.41) is 19.1. The van der Waals surface area contributed by atoms with Crippen molar-refractivity contribution in [2.45, 2.75) is 94.3 Å². The highest BCUT2D eigenvalue weighted by atomic mass is 32.1. The molecule has 288 valence electrons. The molecule has 5 heterocycles. The number of aryl methyl sites for hydroxylation is 2. The van der Waals surface area contributed by atoms with E-state index in [2.05, 4.69) is 11.7 Å². The van der Waals surface area contributed by atoms with Gasteiger partial charge in [0.05, 0.1) is 58.2 Å². The molecule has 1 atom stereocenters. The lowest BCUT2D eigenvalue weighted by molar-refractivity contribution is 0.0166. The third kappa shape index (κ3) is 10.2. The van der Waals surface area contributed by atoms with E-state index in [1.165, 1.54) is 5.38 Å². The van der Waals surface area contributed by atoms with Crippen LogP contribution in [0.25, 0.3) is 49.7 Å². The highest BCUT2D eigenvalue weighted by Crippen LogP contribution is 2.42. The zero-order chi connectivity index (χ0) is 40.2. The summed E-state index contributed by atoms with van der Waals surface area (Å²) >= 11 is 1.16. The smallest absolute Gasteiger partial charge is 0.410 e. The second-order valence-corrected chi connectivity index (χ2v) is 13.0. The van der Waals surface area contributed by atoms with Gasteiger partial charge in [-0.15, -0.1) is 11.3 Å². The summed E-state index contributed by atoms with van der Waals surface area (Å²) in [4.78, 5) is 19.5. The number of thiophene rings is 1. The maximum absolute atomic E-state index is 15.6. The number of rotatable bonds is 4. The molecule has 0 aliphatic carbocycles. The minimum Gasteiger partial charge on any atom is -0.516 e. The fourth-order valence-electron chi connectivity index (χ4n) is 5.64. The standard InChI is InChI=1S/C32H31F3N6O2S.C2H4O.3C2H6/c1-17-14-40(31(42)43-32(3,4)5)15-21-13-25(38-41(17)21)29-23(12-20(34)9-10-33)27-24(35)16-44-30(27)28(36-29)19-7-8-22-18(2)37-39(6)26(22)11-19;1-2-3;3*1-2/h7-13,16-17H,14-15H2,1-6H3;2-3H,1H2;3*1-2H3/b10-9+,20-12?;;;;. The van der Waals surface area contributed by atoms with Crippen molar-refractivity contribution in [1.29, 1.82) is 0 Å². The molecule has 0 spiro atoms. The van der Waals surface area contributed by atoms with E-state index in [1.807, 2.05) is 101 Å². The van der Waals surface area contributed by atoms with E-state index >= 15 is 4.39 Å². The zero-order valence-electron chi connectivity index (χ0n) is 32.9. The molecule has 5 aromatic rings. The molecular weight excluding hydrogens is 702 g/mol. The first kappa shape index (κ1) is 44.3. The second kappa shape index (κ2) is 19.8. The number of pyridine rings is 1. The molecule has 1 aromatic carbocycles. The number of hydrogen-bond donors (Lipinski definition) is 1. The molecule has 0 saturated heterocycles. The number of halogens is 3. The van der Waals surface area contributed by atoms with Crippen molar-refractivity contribution in [2.24, 2.45) is 7.05 Å². The van der Waals surface area contributed by atoms with Crippen LogP contribution in [0.4, 0.5) is 18.0 Å². The second-order valence-electron chi connectivity index (χ2n) is 12.1. The predicted molar refractivity (Wildman–Crippen MR) is 213 cm³/mol. The summed E-state index contributed by atoms with van der Waals surface area (Å²) in [7, 11) is 1.85. The number of allylic oxidation sites excluding steroid dienone is 2. The van der Waals surface area contributed by atoms with Crippen LogP contribution >= 0.6 is 11.3 Å². The average Bonchev–Trinajstić information content (AvgIpc) is 3.82. The Hall–Kier alpha value is -4.91. The summed E-state index contributed by atoms with van der Waals surface area (Å²) < 4.78 is 53.0. The molecule has 1 N–H and O–H groups in total. The Morgan fingerprint density at radius 1 is 1.09 bits per heavy atom. The van der Waals surface area contributed by atoms with Gasteiger partial charge in [-0.2, -0.15) is 10.2 Å². The third-order valence-corrected chi connectivity index (χ3v) is 8.44. The van der Waals surface area contributed by atoms with E-state index in [1.54, 1.807) is 20.3 Å². The van der Waals surface area contributed by atoms with Crippen LogP contribution in [0.5, 0.6) is 0 Å². The van der Waals surface area contributed by atoms with Gasteiger partial charge in [0, 0.05) is 46.9 Å². The predicted octanol–water partition coefficient (Wildman–Crippen LogP) is 12.0. The van der Waals surface area contributed by atoms with Gasteiger partial charge >= 0.3 is 6.09 Å². The topological polar surface area (TPSA) is 98.3 Å². The third-order valence-electron chi connectivity index (χ3n) is 7.49. The number of aliphatic hydroxyl groups excluding tert-OH is 1. The molecular formula is C40H53F3N6O3S. The molecule has 1 aliphatic heterocycles. The van der Waals surface area contributed by atoms with Gasteiger partial charge in [-0.1, -0.05) is 60.3 Å². The number of ether oxygens (including phenoxy) is 1. The summed E-state index contributed by atoms with van der Waals surface area (Å²) in [5.74, 6) is -1.46. The van der Waals surface area contributed by atoms with Crippen LogP contribution in [0.3, 0.4) is 0 Å². The van der Waals surface area contributed by atoms with Gasteiger partial charge < -0.3 is 14.7 Å². The first-order chi connectivity index (χ1) is 25.3. The number of fused-ring (bicyclic) bond motifs is 3. The van der Waals surface area contributed by atoms with Crippen LogP contribution in [0, 0.1) is 12.7 Å². The minimum atomic E-state index is -0.907. The molecule has 53 heavy (non-hydrogen) atoms. The van der Waals surface area contributed by atoms with Crippen molar-refractivity contribution in [2.75, 3.05) is 6.54 Å². The van der Waals surface area contributed by atoms with Crippen LogP contribution in [0.15, 0.2) is 60.7 Å². The largest absolute Gasteiger partial charge is 0.516 e. The molecule has 1 aliphatic rings. The van der Waals surface area contributed by atoms with Gasteiger partial charge in [-0.05, 0) is 52.8 Å². The summed E-state index contributed by atoms with van der Waals surface area (Å²) in [6, 6.07) is 7.36. The number of hydrogen-bond acceptors (Lipinski definition) is 7. The number of amides is 1. The summed E-state index contributed by atoms with van der Waals surface area (Å²) in [6.45, 7) is 24.8. The highest BCUT2D eigenvalue weighted by molar-refractivity contribution is 7.17. The normalized spacial score (nSPS) is 13.8. The molecule has 0 fully saturated rings. The fraction of sp³-hybridized carbons (Fsp3) is 0.400. The number of aromatic nitrogens is 5. The van der Waals surface area contributed by atoms with Crippen molar-refractivity contribution < 1.29 is 27.8 Å². The van der Waals surface area contributed by atoms with Crippen LogP contribution in [0.1, 0.15) is 92.2 Å². The molecule has 4 aromatic heterocycles. The molecule has 0 saturated carbocycles. The SMILES string of the molecule is C=CO.CC.CC.CC.Cc1nn(C)c2cc(-c3nc(-c4cc5n(n4)C(C)CN(C(=O)OC(C)(C)C)C5)c(C=C(F)/C=C/F)c4c(F)csc34)ccc12. The monoisotopic (exact) mass is 754 g/mol. The lowest BCUT2D eigenvalue weighted by Crippen LogP contribution is -2.43. The van der Waals surface area contributed by atoms with E-state index in [4.69, 9.17) is 19.9 Å². The molecule has 0 radical (unpaired) electrons. The van der Waals surface area contributed by atoms with Crippen molar-refractivity contribution in [3.05, 3.63) is 83.5 Å². The van der Waals surface area contributed by atoms with Gasteiger partial charge in [0.25, 0.3) is 0 Å². The Balaban J connectivity index is 0.000000998. The van der Waals surface area contributed by atoms with Crippen molar-refractivity contribution >= 4 is 44.5 Å². The first-order valence-electron chi connectivity index (χ1n) is 17.8.